The zero-order chi connectivity index (χ0) is 28.5. The van der Waals surface area contributed by atoms with Crippen LogP contribution in [0.5, 0.6) is 5.75 Å². The standard InChI is InChI=1S/C30H45N3O6/c1-7-9-19(5)31-27(36)25-30-15-14-29(6,39-30)23(24(30)28(37)33(25)21(17-34)16-18(3)4)26(35)32-20-10-12-22(13-11-20)38-8-2/h10-13,18-19,21,23-25,34H,7-9,14-17H2,1-6H3,(H,31,36)(H,32,35)/t19?,21-,23-,24+,25?,29+,30?/m1/s1. The largest absolute Gasteiger partial charge is 0.494 e. The Morgan fingerprint density at radius 3 is 2.44 bits per heavy atom. The van der Waals surface area contributed by atoms with Gasteiger partial charge in [-0.15, -0.1) is 0 Å². The van der Waals surface area contributed by atoms with Crippen molar-refractivity contribution in [2.45, 2.75) is 103 Å². The molecular weight excluding hydrogens is 498 g/mol. The summed E-state index contributed by atoms with van der Waals surface area (Å²) >= 11 is 0. The molecule has 0 radical (unpaired) electrons. The summed E-state index contributed by atoms with van der Waals surface area (Å²) in [5.74, 6) is -1.53. The first-order chi connectivity index (χ1) is 18.5. The van der Waals surface area contributed by atoms with Gasteiger partial charge in [-0.25, -0.2) is 0 Å². The molecule has 0 saturated carbocycles. The molecule has 3 aliphatic heterocycles. The Morgan fingerprint density at radius 2 is 1.85 bits per heavy atom. The highest BCUT2D eigenvalue weighted by atomic mass is 16.5. The van der Waals surface area contributed by atoms with Gasteiger partial charge < -0.3 is 30.1 Å². The maximum absolute atomic E-state index is 14.3. The zero-order valence-corrected chi connectivity index (χ0v) is 24.2. The number of fused-ring (bicyclic) bond motifs is 1. The maximum Gasteiger partial charge on any atom is 0.246 e. The van der Waals surface area contributed by atoms with E-state index in [1.165, 1.54) is 0 Å². The van der Waals surface area contributed by atoms with Crippen molar-refractivity contribution in [3.05, 3.63) is 24.3 Å². The number of aliphatic hydroxyl groups excluding tert-OH is 1. The first kappa shape index (κ1) is 29.3. The molecule has 3 unspecified atom stereocenters. The summed E-state index contributed by atoms with van der Waals surface area (Å²) in [7, 11) is 0. The number of carbonyl (C=O) groups is 3. The summed E-state index contributed by atoms with van der Waals surface area (Å²) in [5.41, 5.74) is -1.39. The summed E-state index contributed by atoms with van der Waals surface area (Å²) in [6, 6.07) is 5.60. The van der Waals surface area contributed by atoms with Gasteiger partial charge in [-0.05, 0) is 76.6 Å². The van der Waals surface area contributed by atoms with E-state index < -0.39 is 35.1 Å². The minimum atomic E-state index is -1.12. The van der Waals surface area contributed by atoms with E-state index >= 15 is 0 Å². The van der Waals surface area contributed by atoms with E-state index in [9.17, 15) is 19.5 Å². The third-order valence-electron chi connectivity index (χ3n) is 8.64. The van der Waals surface area contributed by atoms with Crippen LogP contribution in [0.15, 0.2) is 24.3 Å². The number of anilines is 1. The van der Waals surface area contributed by atoms with Crippen molar-refractivity contribution in [3.63, 3.8) is 0 Å². The lowest BCUT2D eigenvalue weighted by Crippen LogP contribution is -2.59. The molecule has 3 saturated heterocycles. The van der Waals surface area contributed by atoms with Crippen molar-refractivity contribution in [3.8, 4) is 5.75 Å². The third-order valence-corrected chi connectivity index (χ3v) is 8.64. The Balaban J connectivity index is 1.69. The molecule has 3 heterocycles. The van der Waals surface area contributed by atoms with Crippen LogP contribution in [0.1, 0.15) is 73.6 Å². The summed E-state index contributed by atoms with van der Waals surface area (Å²) in [6.07, 6.45) is 3.33. The number of hydrogen-bond donors (Lipinski definition) is 3. The number of likely N-dealkylation sites (tertiary alicyclic amines) is 1. The topological polar surface area (TPSA) is 117 Å². The number of rotatable bonds is 12. The maximum atomic E-state index is 14.3. The molecule has 2 bridgehead atoms. The first-order valence-electron chi connectivity index (χ1n) is 14.5. The Hall–Kier alpha value is -2.65. The Labute approximate surface area is 232 Å². The molecule has 9 heteroatoms. The zero-order valence-electron chi connectivity index (χ0n) is 24.2. The van der Waals surface area contributed by atoms with E-state index in [1.54, 1.807) is 29.2 Å². The monoisotopic (exact) mass is 543 g/mol. The number of carbonyl (C=O) groups excluding carboxylic acids is 3. The van der Waals surface area contributed by atoms with Crippen LogP contribution >= 0.6 is 0 Å². The van der Waals surface area contributed by atoms with Crippen LogP contribution in [0.2, 0.25) is 0 Å². The van der Waals surface area contributed by atoms with Gasteiger partial charge in [-0.1, -0.05) is 27.2 Å². The summed E-state index contributed by atoms with van der Waals surface area (Å²) < 4.78 is 12.2. The van der Waals surface area contributed by atoms with E-state index in [4.69, 9.17) is 9.47 Å². The van der Waals surface area contributed by atoms with Crippen LogP contribution in [0, 0.1) is 17.8 Å². The molecule has 1 aromatic carbocycles. The smallest absolute Gasteiger partial charge is 0.246 e. The molecule has 4 rings (SSSR count). The number of ether oxygens (including phenoxy) is 2. The molecule has 9 nitrogen and oxygen atoms in total. The Morgan fingerprint density at radius 1 is 1.15 bits per heavy atom. The minimum absolute atomic E-state index is 0.0690. The van der Waals surface area contributed by atoms with Gasteiger partial charge in [-0.2, -0.15) is 0 Å². The fourth-order valence-electron chi connectivity index (χ4n) is 7.13. The molecule has 7 atom stereocenters. The lowest BCUT2D eigenvalue weighted by molar-refractivity contribution is -0.149. The number of nitrogens with zero attached hydrogens (tertiary/aromatic N) is 1. The van der Waals surface area contributed by atoms with Crippen molar-refractivity contribution < 1.29 is 29.0 Å². The highest BCUT2D eigenvalue weighted by Crippen LogP contribution is 2.63. The fraction of sp³-hybridized carbons (Fsp3) is 0.700. The number of amides is 3. The number of benzene rings is 1. The van der Waals surface area contributed by atoms with E-state index in [0.29, 0.717) is 37.3 Å². The van der Waals surface area contributed by atoms with Crippen molar-refractivity contribution in [2.75, 3.05) is 18.5 Å². The normalized spacial score (nSPS) is 30.8. The number of hydrogen-bond acceptors (Lipinski definition) is 6. The van der Waals surface area contributed by atoms with Crippen LogP contribution in [-0.2, 0) is 19.1 Å². The molecule has 0 aromatic heterocycles. The van der Waals surface area contributed by atoms with Crippen LogP contribution in [0.3, 0.4) is 0 Å². The molecule has 3 fully saturated rings. The van der Waals surface area contributed by atoms with Crippen molar-refractivity contribution in [1.29, 1.82) is 0 Å². The second-order valence-corrected chi connectivity index (χ2v) is 12.1. The van der Waals surface area contributed by atoms with Crippen LogP contribution in [0.4, 0.5) is 5.69 Å². The van der Waals surface area contributed by atoms with E-state index in [0.717, 1.165) is 12.8 Å². The average molecular weight is 544 g/mol. The molecule has 3 N–H and O–H groups in total. The van der Waals surface area contributed by atoms with Gasteiger partial charge in [0.15, 0.2) is 0 Å². The number of nitrogens with one attached hydrogen (secondary N) is 2. The predicted molar refractivity (Wildman–Crippen MR) is 148 cm³/mol. The van der Waals surface area contributed by atoms with Gasteiger partial charge in [0, 0.05) is 11.7 Å². The molecule has 0 aliphatic carbocycles. The molecule has 39 heavy (non-hydrogen) atoms. The highest BCUT2D eigenvalue weighted by Gasteiger charge is 2.78. The second-order valence-electron chi connectivity index (χ2n) is 12.1. The van der Waals surface area contributed by atoms with E-state index in [1.807, 2.05) is 34.6 Å². The number of aliphatic hydroxyl groups is 1. The lowest BCUT2D eigenvalue weighted by atomic mass is 9.66. The van der Waals surface area contributed by atoms with Crippen molar-refractivity contribution in [2.24, 2.45) is 17.8 Å². The lowest BCUT2D eigenvalue weighted by Gasteiger charge is -2.38. The second kappa shape index (κ2) is 11.5. The predicted octanol–water partition coefficient (Wildman–Crippen LogP) is 3.50. The van der Waals surface area contributed by atoms with Crippen LogP contribution in [-0.4, -0.2) is 70.3 Å². The van der Waals surface area contributed by atoms with Gasteiger partial charge >= 0.3 is 0 Å². The molecule has 3 amide bonds. The SMILES string of the molecule is CCCC(C)NC(=O)C1N([C@@H](CO)CC(C)C)C(=O)[C@@H]2[C@H](C(=O)Nc3ccc(OCC)cc3)[C@]3(C)CCC12O3. The average Bonchev–Trinajstić information content (AvgIpc) is 3.44. The Kier molecular flexibility index (Phi) is 8.61. The van der Waals surface area contributed by atoms with Gasteiger partial charge in [0.05, 0.1) is 36.7 Å². The van der Waals surface area contributed by atoms with Crippen molar-refractivity contribution >= 4 is 23.4 Å². The van der Waals surface area contributed by atoms with E-state index in [2.05, 4.69) is 17.6 Å². The van der Waals surface area contributed by atoms with Gasteiger partial charge in [0.25, 0.3) is 0 Å². The fourth-order valence-corrected chi connectivity index (χ4v) is 7.13. The van der Waals surface area contributed by atoms with Crippen molar-refractivity contribution in [1.82, 2.24) is 10.2 Å². The molecule has 3 aliphatic rings. The summed E-state index contributed by atoms with van der Waals surface area (Å²) in [4.78, 5) is 43.5. The Bertz CT molecular complexity index is 1060. The highest BCUT2D eigenvalue weighted by molar-refractivity contribution is 6.02. The minimum Gasteiger partial charge on any atom is -0.494 e. The van der Waals surface area contributed by atoms with Crippen LogP contribution < -0.4 is 15.4 Å². The van der Waals surface area contributed by atoms with Crippen LogP contribution in [0.25, 0.3) is 0 Å². The summed E-state index contributed by atoms with van der Waals surface area (Å²) in [6.45, 7) is 12.1. The first-order valence-corrected chi connectivity index (χ1v) is 14.5. The molecular formula is C30H45N3O6. The van der Waals surface area contributed by atoms with Gasteiger partial charge in [0.2, 0.25) is 17.7 Å². The quantitative estimate of drug-likeness (QED) is 0.372. The summed E-state index contributed by atoms with van der Waals surface area (Å²) in [5, 5.41) is 16.5. The molecule has 1 spiro atoms. The van der Waals surface area contributed by atoms with Gasteiger partial charge in [0.1, 0.15) is 17.4 Å². The third kappa shape index (κ3) is 5.27. The van der Waals surface area contributed by atoms with Gasteiger partial charge in [-0.3, -0.25) is 14.4 Å². The van der Waals surface area contributed by atoms with E-state index in [-0.39, 0.29) is 36.3 Å². The molecule has 1 aromatic rings. The molecule has 216 valence electrons.